The molecule has 0 spiro atoms. The average Bonchev–Trinajstić information content (AvgIpc) is 2.49. The number of aromatic nitrogens is 3. The topological polar surface area (TPSA) is 50.9 Å². The van der Waals surface area contributed by atoms with E-state index >= 15 is 0 Å². The molecule has 4 nitrogen and oxygen atoms in total. The molecule has 1 heterocycles. The van der Waals surface area contributed by atoms with Gasteiger partial charge in [-0.05, 0) is 11.8 Å². The largest absolute Gasteiger partial charge is 0.381 e. The Morgan fingerprint density at radius 3 is 2.07 bits per heavy atom. The number of hydrogen-bond acceptors (Lipinski definition) is 3. The van der Waals surface area contributed by atoms with E-state index in [2.05, 4.69) is 10.1 Å². The van der Waals surface area contributed by atoms with Crippen LogP contribution in [0.3, 0.4) is 0 Å². The fraction of sp³-hybridized carbons (Fsp3) is 0.800. The third-order valence-corrected chi connectivity index (χ3v) is 2.83. The molecule has 0 unspecified atom stereocenters. The Balaban J connectivity index is 3.19. The van der Waals surface area contributed by atoms with Crippen molar-refractivity contribution in [3.63, 3.8) is 0 Å². The summed E-state index contributed by atoms with van der Waals surface area (Å²) in [6, 6.07) is 0. The normalized spacial score (nSPS) is 12.9. The monoisotopic (exact) mass is 197 g/mol. The molecule has 1 aromatic rings. The highest BCUT2D eigenvalue weighted by Crippen LogP contribution is 2.34. The minimum Gasteiger partial charge on any atom is -0.381 e. The summed E-state index contributed by atoms with van der Waals surface area (Å²) in [6.07, 6.45) is 1.48. The molecule has 0 atom stereocenters. The van der Waals surface area contributed by atoms with Gasteiger partial charge in [-0.1, -0.05) is 27.7 Å². The number of aliphatic hydroxyl groups is 1. The van der Waals surface area contributed by atoms with Crippen molar-refractivity contribution in [1.29, 1.82) is 0 Å². The zero-order valence-corrected chi connectivity index (χ0v) is 9.52. The first-order valence-electron chi connectivity index (χ1n) is 4.97. The molecule has 14 heavy (non-hydrogen) atoms. The molecule has 0 aromatic carbocycles. The molecular weight excluding hydrogens is 178 g/mol. The molecule has 80 valence electrons. The summed E-state index contributed by atoms with van der Waals surface area (Å²) in [5.74, 6) is 0.873. The smallest absolute Gasteiger partial charge is 0.159 e. The van der Waals surface area contributed by atoms with Crippen LogP contribution < -0.4 is 0 Å². The SMILES string of the molecule is CC(C)C(O)(c1ncnn1C)C(C)C. The van der Waals surface area contributed by atoms with Crippen LogP contribution in [0.5, 0.6) is 0 Å². The van der Waals surface area contributed by atoms with Gasteiger partial charge in [0.05, 0.1) is 0 Å². The zero-order valence-electron chi connectivity index (χ0n) is 9.52. The minimum atomic E-state index is -0.898. The van der Waals surface area contributed by atoms with Gasteiger partial charge < -0.3 is 5.11 Å². The Labute approximate surface area is 85.0 Å². The highest BCUT2D eigenvalue weighted by atomic mass is 16.3. The molecule has 0 radical (unpaired) electrons. The highest BCUT2D eigenvalue weighted by molar-refractivity contribution is 5.04. The molecule has 0 amide bonds. The van der Waals surface area contributed by atoms with Crippen LogP contribution in [0, 0.1) is 11.8 Å². The maximum Gasteiger partial charge on any atom is 0.159 e. The van der Waals surface area contributed by atoms with Gasteiger partial charge in [-0.2, -0.15) is 5.10 Å². The van der Waals surface area contributed by atoms with E-state index in [9.17, 15) is 5.11 Å². The Morgan fingerprint density at radius 2 is 1.79 bits per heavy atom. The molecule has 0 fully saturated rings. The fourth-order valence-corrected chi connectivity index (χ4v) is 1.84. The first kappa shape index (κ1) is 11.2. The standard InChI is InChI=1S/C10H19N3O/c1-7(2)10(14,8(3)4)9-11-6-12-13(9)5/h6-8,14H,1-5H3. The second-order valence-electron chi connectivity index (χ2n) is 4.34. The van der Waals surface area contributed by atoms with Gasteiger partial charge in [-0.25, -0.2) is 4.98 Å². The Bertz CT molecular complexity index is 296. The molecule has 0 aliphatic heterocycles. The van der Waals surface area contributed by atoms with E-state index in [1.54, 1.807) is 11.7 Å². The van der Waals surface area contributed by atoms with E-state index < -0.39 is 5.60 Å². The van der Waals surface area contributed by atoms with E-state index in [1.807, 2.05) is 27.7 Å². The highest BCUT2D eigenvalue weighted by Gasteiger charge is 2.40. The Hall–Kier alpha value is -0.900. The summed E-state index contributed by atoms with van der Waals surface area (Å²) in [6.45, 7) is 7.98. The van der Waals surface area contributed by atoms with Gasteiger partial charge in [-0.15, -0.1) is 0 Å². The third kappa shape index (κ3) is 1.54. The van der Waals surface area contributed by atoms with Crippen molar-refractivity contribution in [1.82, 2.24) is 14.8 Å². The van der Waals surface area contributed by atoms with Crippen molar-refractivity contribution in [2.45, 2.75) is 33.3 Å². The van der Waals surface area contributed by atoms with Gasteiger partial charge in [-0.3, -0.25) is 4.68 Å². The van der Waals surface area contributed by atoms with E-state index in [-0.39, 0.29) is 11.8 Å². The molecule has 0 aliphatic carbocycles. The van der Waals surface area contributed by atoms with E-state index in [4.69, 9.17) is 0 Å². The average molecular weight is 197 g/mol. The summed E-state index contributed by atoms with van der Waals surface area (Å²) in [4.78, 5) is 4.13. The van der Waals surface area contributed by atoms with Gasteiger partial charge in [0, 0.05) is 7.05 Å². The second-order valence-corrected chi connectivity index (χ2v) is 4.34. The van der Waals surface area contributed by atoms with Crippen molar-refractivity contribution in [3.8, 4) is 0 Å². The number of aryl methyl sites for hydroxylation is 1. The molecule has 1 N–H and O–H groups in total. The molecule has 0 saturated heterocycles. The molecular formula is C10H19N3O. The summed E-state index contributed by atoms with van der Waals surface area (Å²) in [5.41, 5.74) is -0.898. The summed E-state index contributed by atoms with van der Waals surface area (Å²) >= 11 is 0. The number of nitrogens with zero attached hydrogens (tertiary/aromatic N) is 3. The Kier molecular flexibility index (Phi) is 2.95. The first-order valence-corrected chi connectivity index (χ1v) is 4.97. The molecule has 0 aliphatic rings. The van der Waals surface area contributed by atoms with Gasteiger partial charge in [0.25, 0.3) is 0 Å². The van der Waals surface area contributed by atoms with Crippen LogP contribution in [-0.4, -0.2) is 19.9 Å². The predicted octanol–water partition coefficient (Wildman–Crippen LogP) is 1.31. The van der Waals surface area contributed by atoms with Crippen LogP contribution in [0.4, 0.5) is 0 Å². The lowest BCUT2D eigenvalue weighted by Gasteiger charge is -2.34. The minimum absolute atomic E-state index is 0.116. The molecule has 0 saturated carbocycles. The molecule has 1 aromatic heterocycles. The van der Waals surface area contributed by atoms with Crippen LogP contribution in [0.2, 0.25) is 0 Å². The van der Waals surface area contributed by atoms with Gasteiger partial charge in [0.15, 0.2) is 5.82 Å². The molecule has 4 heteroatoms. The van der Waals surface area contributed by atoms with Crippen molar-refractivity contribution < 1.29 is 5.11 Å². The zero-order chi connectivity index (χ0) is 10.9. The summed E-state index contributed by atoms with van der Waals surface area (Å²) in [5, 5.41) is 14.6. The third-order valence-electron chi connectivity index (χ3n) is 2.83. The van der Waals surface area contributed by atoms with Gasteiger partial charge in [0.2, 0.25) is 0 Å². The van der Waals surface area contributed by atoms with Crippen LogP contribution in [0.25, 0.3) is 0 Å². The number of rotatable bonds is 3. The van der Waals surface area contributed by atoms with Crippen LogP contribution in [0.1, 0.15) is 33.5 Å². The number of hydrogen-bond donors (Lipinski definition) is 1. The first-order chi connectivity index (χ1) is 6.40. The summed E-state index contributed by atoms with van der Waals surface area (Å²) < 4.78 is 1.64. The predicted molar refractivity (Wildman–Crippen MR) is 54.6 cm³/mol. The van der Waals surface area contributed by atoms with E-state index in [0.29, 0.717) is 5.82 Å². The Morgan fingerprint density at radius 1 is 1.29 bits per heavy atom. The van der Waals surface area contributed by atoms with Crippen molar-refractivity contribution in [2.75, 3.05) is 0 Å². The van der Waals surface area contributed by atoms with Crippen molar-refractivity contribution in [3.05, 3.63) is 12.2 Å². The molecule has 1 rings (SSSR count). The lowest BCUT2D eigenvalue weighted by molar-refractivity contribution is -0.0635. The maximum absolute atomic E-state index is 10.6. The van der Waals surface area contributed by atoms with Gasteiger partial charge in [0.1, 0.15) is 11.9 Å². The van der Waals surface area contributed by atoms with Gasteiger partial charge >= 0.3 is 0 Å². The van der Waals surface area contributed by atoms with Crippen LogP contribution in [-0.2, 0) is 12.6 Å². The van der Waals surface area contributed by atoms with E-state index in [0.717, 1.165) is 0 Å². The fourth-order valence-electron chi connectivity index (χ4n) is 1.84. The van der Waals surface area contributed by atoms with Crippen molar-refractivity contribution >= 4 is 0 Å². The van der Waals surface area contributed by atoms with E-state index in [1.165, 1.54) is 6.33 Å². The van der Waals surface area contributed by atoms with Crippen LogP contribution in [0.15, 0.2) is 6.33 Å². The van der Waals surface area contributed by atoms with Crippen LogP contribution >= 0.6 is 0 Å². The maximum atomic E-state index is 10.6. The van der Waals surface area contributed by atoms with Crippen molar-refractivity contribution in [2.24, 2.45) is 18.9 Å². The summed E-state index contributed by atoms with van der Waals surface area (Å²) in [7, 11) is 1.80. The second kappa shape index (κ2) is 3.69. The lowest BCUT2D eigenvalue weighted by Crippen LogP contribution is -2.40. The molecule has 0 bridgehead atoms. The lowest BCUT2D eigenvalue weighted by atomic mass is 9.79. The quantitative estimate of drug-likeness (QED) is 0.795.